The van der Waals surface area contributed by atoms with Crippen LogP contribution in [0.15, 0.2) is 101 Å². The van der Waals surface area contributed by atoms with E-state index in [0.29, 0.717) is 19.3 Å². The number of carbonyl (C=O) groups excluding carboxylic acids is 2. The van der Waals surface area contributed by atoms with Crippen molar-refractivity contribution in [1.82, 2.24) is 4.90 Å². The van der Waals surface area contributed by atoms with Crippen LogP contribution in [0.4, 0.5) is 0 Å². The highest BCUT2D eigenvalue weighted by atomic mass is 32.1. The van der Waals surface area contributed by atoms with Gasteiger partial charge in [-0.3, -0.25) is 14.5 Å². The van der Waals surface area contributed by atoms with Crippen molar-refractivity contribution < 1.29 is 29.1 Å². The van der Waals surface area contributed by atoms with Crippen molar-refractivity contribution in [2.75, 3.05) is 6.61 Å². The van der Waals surface area contributed by atoms with E-state index in [1.807, 2.05) is 78.2 Å². The van der Waals surface area contributed by atoms with Gasteiger partial charge in [-0.15, -0.1) is 11.3 Å². The first-order valence-corrected chi connectivity index (χ1v) is 16.7. The Labute approximate surface area is 272 Å². The Balaban J connectivity index is 1.18. The van der Waals surface area contributed by atoms with Crippen LogP contribution in [0.2, 0.25) is 6.32 Å². The minimum atomic E-state index is -1.03. The number of likely N-dealkylation sites (tertiary alicyclic amines) is 1. The van der Waals surface area contributed by atoms with Gasteiger partial charge >= 0.3 is 7.12 Å². The fraction of sp³-hybridized carbons (Fsp3) is 0.297. The maximum Gasteiger partial charge on any atom is 0.455 e. The second kappa shape index (κ2) is 12.9. The zero-order valence-electron chi connectivity index (χ0n) is 25.7. The second-order valence-electron chi connectivity index (χ2n) is 12.5. The zero-order chi connectivity index (χ0) is 31.8. The maximum atomic E-state index is 13.9. The Hall–Kier alpha value is -4.18. The van der Waals surface area contributed by atoms with Crippen molar-refractivity contribution in [2.45, 2.75) is 45.2 Å². The monoisotopic (exact) mass is 633 g/mol. The van der Waals surface area contributed by atoms with Gasteiger partial charge in [0.2, 0.25) is 11.8 Å². The standard InChI is InChI=1S/C37H36BNO6S/c1-23(18-24-14-15-32(40)29-12-6-5-11-28(24)29)13-16-33-34-25(22-44-26-8-3-2-4-9-26)19-30-35(31(34)20-38(43)45-33)37(42)39(36(30)41)21-27-10-7-17-46-27/h2-12,14-15,17-18,30-31,33,35,40,43H,13,16,19-22H2,1H3/b23-18+/t30-,31+,33-,35-/m1/s1. The van der Waals surface area contributed by atoms with Crippen LogP contribution >= 0.6 is 11.3 Å². The highest BCUT2D eigenvalue weighted by Crippen LogP contribution is 2.51. The number of aromatic hydroxyl groups is 1. The summed E-state index contributed by atoms with van der Waals surface area (Å²) in [6.07, 6.45) is 3.71. The number of rotatable bonds is 9. The lowest BCUT2D eigenvalue weighted by molar-refractivity contribution is -0.140. The van der Waals surface area contributed by atoms with Crippen LogP contribution in [0, 0.1) is 17.8 Å². The van der Waals surface area contributed by atoms with E-state index in [1.165, 1.54) is 16.2 Å². The number of carbonyl (C=O) groups is 2. The molecule has 0 spiro atoms. The second-order valence-corrected chi connectivity index (χ2v) is 13.5. The van der Waals surface area contributed by atoms with Gasteiger partial charge in [-0.2, -0.15) is 0 Å². The zero-order valence-corrected chi connectivity index (χ0v) is 26.5. The molecule has 1 aliphatic carbocycles. The fourth-order valence-corrected chi connectivity index (χ4v) is 8.18. The van der Waals surface area contributed by atoms with E-state index in [4.69, 9.17) is 9.39 Å². The number of amides is 2. The molecule has 2 aliphatic heterocycles. The lowest BCUT2D eigenvalue weighted by Gasteiger charge is -2.43. The molecule has 0 saturated carbocycles. The molecule has 1 aromatic heterocycles. The molecule has 2 fully saturated rings. The smallest absolute Gasteiger partial charge is 0.455 e. The lowest BCUT2D eigenvalue weighted by Crippen LogP contribution is -2.46. The van der Waals surface area contributed by atoms with Crippen LogP contribution in [0.3, 0.4) is 0 Å². The number of hydrogen-bond donors (Lipinski definition) is 2. The molecule has 3 aromatic carbocycles. The molecular formula is C37H36BNO6S. The fourth-order valence-electron chi connectivity index (χ4n) is 7.49. The molecule has 4 atom stereocenters. The minimum Gasteiger partial charge on any atom is -0.507 e. The number of imide groups is 1. The number of para-hydroxylation sites is 1. The predicted molar refractivity (Wildman–Crippen MR) is 180 cm³/mol. The van der Waals surface area contributed by atoms with Gasteiger partial charge in [0.25, 0.3) is 0 Å². The van der Waals surface area contributed by atoms with Gasteiger partial charge in [-0.1, -0.05) is 66.2 Å². The summed E-state index contributed by atoms with van der Waals surface area (Å²) in [5.41, 5.74) is 4.13. The van der Waals surface area contributed by atoms with Crippen LogP contribution in [-0.4, -0.2) is 46.7 Å². The SMILES string of the molecule is C/C(=C\c1ccc(O)c2ccccc12)CC[C@H]1OB(O)C[C@H]2C1=C(COc1ccccc1)C[C@H]1C(=O)N(Cc3cccs3)C(=O)[C@H]12. The number of thiophene rings is 1. The Morgan fingerprint density at radius 3 is 2.57 bits per heavy atom. The van der Waals surface area contributed by atoms with E-state index in [-0.39, 0.29) is 43.0 Å². The molecule has 9 heteroatoms. The molecule has 3 aliphatic rings. The van der Waals surface area contributed by atoms with Crippen molar-refractivity contribution in [2.24, 2.45) is 17.8 Å². The Morgan fingerprint density at radius 2 is 1.78 bits per heavy atom. The van der Waals surface area contributed by atoms with Gasteiger partial charge in [0.05, 0.1) is 24.5 Å². The van der Waals surface area contributed by atoms with Crippen LogP contribution in [0.25, 0.3) is 16.8 Å². The Kier molecular flexibility index (Phi) is 8.55. The molecule has 3 heterocycles. The van der Waals surface area contributed by atoms with Gasteiger partial charge in [0.15, 0.2) is 0 Å². The van der Waals surface area contributed by atoms with E-state index < -0.39 is 25.1 Å². The number of phenols is 1. The third-order valence-electron chi connectivity index (χ3n) is 9.59. The molecular weight excluding hydrogens is 597 g/mol. The molecule has 46 heavy (non-hydrogen) atoms. The molecule has 4 aromatic rings. The third-order valence-corrected chi connectivity index (χ3v) is 10.4. The van der Waals surface area contributed by atoms with Gasteiger partial charge < -0.3 is 19.5 Å². The number of allylic oxidation sites excluding steroid dienone is 1. The largest absolute Gasteiger partial charge is 0.507 e. The molecule has 2 N–H and O–H groups in total. The predicted octanol–water partition coefficient (Wildman–Crippen LogP) is 6.87. The molecule has 2 saturated heterocycles. The van der Waals surface area contributed by atoms with Crippen molar-refractivity contribution in [3.05, 3.63) is 111 Å². The summed E-state index contributed by atoms with van der Waals surface area (Å²) in [5.74, 6) is -0.626. The van der Waals surface area contributed by atoms with Gasteiger partial charge in [0, 0.05) is 10.3 Å². The van der Waals surface area contributed by atoms with Crippen LogP contribution < -0.4 is 4.74 Å². The number of hydrogen-bond acceptors (Lipinski definition) is 7. The number of phenolic OH excluding ortho intramolecular Hbond substituents is 1. The van der Waals surface area contributed by atoms with Gasteiger partial charge in [-0.25, -0.2) is 0 Å². The van der Waals surface area contributed by atoms with E-state index >= 15 is 0 Å². The van der Waals surface area contributed by atoms with E-state index in [1.54, 1.807) is 6.07 Å². The number of benzene rings is 3. The quantitative estimate of drug-likeness (QED) is 0.119. The summed E-state index contributed by atoms with van der Waals surface area (Å²) in [6.45, 7) is 2.64. The summed E-state index contributed by atoms with van der Waals surface area (Å²) < 4.78 is 12.5. The normalized spacial score (nSPS) is 23.2. The van der Waals surface area contributed by atoms with Crippen molar-refractivity contribution >= 4 is 47.1 Å². The van der Waals surface area contributed by atoms with E-state index in [0.717, 1.165) is 43.7 Å². The molecule has 2 amide bonds. The molecule has 7 rings (SSSR count). The number of nitrogens with zero attached hydrogens (tertiary/aromatic N) is 1. The molecule has 234 valence electrons. The summed E-state index contributed by atoms with van der Waals surface area (Å²) >= 11 is 1.53. The van der Waals surface area contributed by atoms with Crippen molar-refractivity contribution in [3.63, 3.8) is 0 Å². The van der Waals surface area contributed by atoms with E-state index in [9.17, 15) is 19.7 Å². The summed E-state index contributed by atoms with van der Waals surface area (Å²) in [7, 11) is -1.03. The number of fused-ring (bicyclic) bond motifs is 4. The molecule has 0 unspecified atom stereocenters. The topological polar surface area (TPSA) is 96.3 Å². The number of ether oxygens (including phenoxy) is 1. The highest BCUT2D eigenvalue weighted by Gasteiger charge is 2.57. The summed E-state index contributed by atoms with van der Waals surface area (Å²) in [6, 6.07) is 24.9. The summed E-state index contributed by atoms with van der Waals surface area (Å²) in [5, 5.41) is 25.0. The minimum absolute atomic E-state index is 0.142. The van der Waals surface area contributed by atoms with Crippen LogP contribution in [0.1, 0.15) is 36.6 Å². The first kappa shape index (κ1) is 30.5. The van der Waals surface area contributed by atoms with Crippen LogP contribution in [0.5, 0.6) is 11.5 Å². The average Bonchev–Trinajstić information content (AvgIpc) is 3.67. The van der Waals surface area contributed by atoms with Crippen LogP contribution in [-0.2, 0) is 20.8 Å². The van der Waals surface area contributed by atoms with Gasteiger partial charge in [0.1, 0.15) is 18.1 Å². The Bertz CT molecular complexity index is 1820. The van der Waals surface area contributed by atoms with E-state index in [2.05, 4.69) is 13.0 Å². The highest BCUT2D eigenvalue weighted by molar-refractivity contribution is 7.09. The maximum absolute atomic E-state index is 13.9. The molecule has 7 nitrogen and oxygen atoms in total. The lowest BCUT2D eigenvalue weighted by atomic mass is 9.58. The first-order valence-electron chi connectivity index (χ1n) is 15.9. The molecule has 0 radical (unpaired) electrons. The van der Waals surface area contributed by atoms with Gasteiger partial charge in [-0.05, 0) is 90.2 Å². The third kappa shape index (κ3) is 5.91. The van der Waals surface area contributed by atoms with Crippen molar-refractivity contribution in [1.29, 1.82) is 0 Å². The molecule has 0 bridgehead atoms. The first-order chi connectivity index (χ1) is 22.4. The summed E-state index contributed by atoms with van der Waals surface area (Å²) in [4.78, 5) is 30.1. The average molecular weight is 634 g/mol. The Morgan fingerprint density at radius 1 is 1.00 bits per heavy atom. The van der Waals surface area contributed by atoms with Crippen molar-refractivity contribution in [3.8, 4) is 11.5 Å².